The Morgan fingerprint density at radius 1 is 1.28 bits per heavy atom. The second-order valence-electron chi connectivity index (χ2n) is 3.77. The highest BCUT2D eigenvalue weighted by Gasteiger charge is 2.09. The summed E-state index contributed by atoms with van der Waals surface area (Å²) >= 11 is 0. The van der Waals surface area contributed by atoms with Crippen molar-refractivity contribution in [3.05, 3.63) is 23.8 Å². The molecule has 1 rings (SSSR count). The highest BCUT2D eigenvalue weighted by molar-refractivity contribution is 7.91. The van der Waals surface area contributed by atoms with E-state index in [0.717, 1.165) is 5.56 Å². The van der Waals surface area contributed by atoms with Crippen LogP contribution in [0.3, 0.4) is 0 Å². The Morgan fingerprint density at radius 2 is 2.00 bits per heavy atom. The predicted octanol–water partition coefficient (Wildman–Crippen LogP) is 0.967. The number of benzene rings is 1. The largest absolute Gasteiger partial charge is 0.493 e. The highest BCUT2D eigenvalue weighted by atomic mass is 32.2. The summed E-state index contributed by atoms with van der Waals surface area (Å²) in [5.41, 5.74) is 6.45. The second kappa shape index (κ2) is 6.61. The van der Waals surface area contributed by atoms with E-state index in [1.165, 1.54) is 7.11 Å². The van der Waals surface area contributed by atoms with Crippen LogP contribution < -0.4 is 15.2 Å². The van der Waals surface area contributed by atoms with Gasteiger partial charge in [-0.05, 0) is 17.7 Å². The standard InChI is InChI=1S/C12H19NO4S/c1-3-18(14,15)7-6-17-11-5-4-10(9-13)8-12(11)16-2/h4-5,8H,3,6-7,9,13H2,1-2H3. The van der Waals surface area contributed by atoms with Crippen LogP contribution in [-0.2, 0) is 16.4 Å². The van der Waals surface area contributed by atoms with Crippen LogP contribution in [0.15, 0.2) is 18.2 Å². The first-order chi connectivity index (χ1) is 8.52. The molecule has 1 aromatic carbocycles. The second-order valence-corrected chi connectivity index (χ2v) is 6.25. The zero-order valence-corrected chi connectivity index (χ0v) is 11.5. The molecule has 0 bridgehead atoms. The van der Waals surface area contributed by atoms with Crippen LogP contribution in [0.5, 0.6) is 11.5 Å². The van der Waals surface area contributed by atoms with Gasteiger partial charge in [0.25, 0.3) is 0 Å². The van der Waals surface area contributed by atoms with Gasteiger partial charge in [-0.25, -0.2) is 8.42 Å². The quantitative estimate of drug-likeness (QED) is 0.800. The summed E-state index contributed by atoms with van der Waals surface area (Å²) in [4.78, 5) is 0. The number of sulfone groups is 1. The maximum Gasteiger partial charge on any atom is 0.161 e. The minimum Gasteiger partial charge on any atom is -0.493 e. The molecule has 0 aliphatic carbocycles. The molecule has 0 radical (unpaired) electrons. The van der Waals surface area contributed by atoms with Gasteiger partial charge in [-0.3, -0.25) is 0 Å². The molecule has 0 unspecified atom stereocenters. The lowest BCUT2D eigenvalue weighted by atomic mass is 10.2. The number of ether oxygens (including phenoxy) is 2. The maximum atomic E-state index is 11.3. The molecule has 0 heterocycles. The summed E-state index contributed by atoms with van der Waals surface area (Å²) in [5.74, 6) is 1.22. The normalized spacial score (nSPS) is 11.3. The Hall–Kier alpha value is -1.27. The van der Waals surface area contributed by atoms with E-state index in [4.69, 9.17) is 15.2 Å². The molecule has 5 nitrogen and oxygen atoms in total. The van der Waals surface area contributed by atoms with Gasteiger partial charge in [0.1, 0.15) is 6.61 Å². The van der Waals surface area contributed by atoms with Crippen molar-refractivity contribution in [3.63, 3.8) is 0 Å². The van der Waals surface area contributed by atoms with Crippen LogP contribution in [0.2, 0.25) is 0 Å². The van der Waals surface area contributed by atoms with E-state index in [9.17, 15) is 8.42 Å². The van der Waals surface area contributed by atoms with Crippen LogP contribution in [0, 0.1) is 0 Å². The molecule has 0 aliphatic rings. The van der Waals surface area contributed by atoms with Gasteiger partial charge in [0, 0.05) is 12.3 Å². The smallest absolute Gasteiger partial charge is 0.161 e. The van der Waals surface area contributed by atoms with Crippen molar-refractivity contribution in [2.45, 2.75) is 13.5 Å². The average molecular weight is 273 g/mol. The van der Waals surface area contributed by atoms with E-state index in [-0.39, 0.29) is 18.1 Å². The number of hydrogen-bond donors (Lipinski definition) is 1. The maximum absolute atomic E-state index is 11.3. The molecule has 6 heteroatoms. The van der Waals surface area contributed by atoms with Gasteiger partial charge >= 0.3 is 0 Å². The van der Waals surface area contributed by atoms with Crippen LogP contribution in [0.4, 0.5) is 0 Å². The summed E-state index contributed by atoms with van der Waals surface area (Å²) in [7, 11) is -1.47. The fraction of sp³-hybridized carbons (Fsp3) is 0.500. The third-order valence-electron chi connectivity index (χ3n) is 2.56. The highest BCUT2D eigenvalue weighted by Crippen LogP contribution is 2.27. The first-order valence-electron chi connectivity index (χ1n) is 5.72. The average Bonchev–Trinajstić information content (AvgIpc) is 2.38. The predicted molar refractivity (Wildman–Crippen MR) is 70.7 cm³/mol. The third kappa shape index (κ3) is 4.19. The molecular formula is C12H19NO4S. The fourth-order valence-electron chi connectivity index (χ4n) is 1.38. The lowest BCUT2D eigenvalue weighted by Gasteiger charge is -2.11. The third-order valence-corrected chi connectivity index (χ3v) is 4.22. The van der Waals surface area contributed by atoms with Crippen molar-refractivity contribution < 1.29 is 17.9 Å². The molecule has 2 N–H and O–H groups in total. The van der Waals surface area contributed by atoms with Crippen molar-refractivity contribution in [2.75, 3.05) is 25.2 Å². The van der Waals surface area contributed by atoms with Gasteiger partial charge in [0.05, 0.1) is 12.9 Å². The van der Waals surface area contributed by atoms with Crippen molar-refractivity contribution >= 4 is 9.84 Å². The summed E-state index contributed by atoms with van der Waals surface area (Å²) in [5, 5.41) is 0. The number of methoxy groups -OCH3 is 1. The zero-order valence-electron chi connectivity index (χ0n) is 10.7. The Morgan fingerprint density at radius 3 is 2.56 bits per heavy atom. The van der Waals surface area contributed by atoms with E-state index in [2.05, 4.69) is 0 Å². The van der Waals surface area contributed by atoms with Gasteiger partial charge in [-0.2, -0.15) is 0 Å². The minimum absolute atomic E-state index is 0.00525. The van der Waals surface area contributed by atoms with Crippen molar-refractivity contribution in [3.8, 4) is 11.5 Å². The van der Waals surface area contributed by atoms with Crippen LogP contribution >= 0.6 is 0 Å². The van der Waals surface area contributed by atoms with E-state index < -0.39 is 9.84 Å². The van der Waals surface area contributed by atoms with Gasteiger partial charge < -0.3 is 15.2 Å². The minimum atomic E-state index is -3.01. The monoisotopic (exact) mass is 273 g/mol. The molecule has 0 spiro atoms. The number of rotatable bonds is 7. The summed E-state index contributed by atoms with van der Waals surface area (Å²) in [6, 6.07) is 5.34. The summed E-state index contributed by atoms with van der Waals surface area (Å²) in [6.45, 7) is 2.15. The number of hydrogen-bond acceptors (Lipinski definition) is 5. The van der Waals surface area contributed by atoms with Crippen molar-refractivity contribution in [1.29, 1.82) is 0 Å². The zero-order chi connectivity index (χ0) is 13.6. The first kappa shape index (κ1) is 14.8. The fourth-order valence-corrected chi connectivity index (χ4v) is 2.01. The van der Waals surface area contributed by atoms with Crippen molar-refractivity contribution in [1.82, 2.24) is 0 Å². The molecule has 0 saturated carbocycles. The summed E-state index contributed by atoms with van der Waals surface area (Å²) < 4.78 is 33.2. The van der Waals surface area contributed by atoms with Gasteiger partial charge in [0.15, 0.2) is 21.3 Å². The summed E-state index contributed by atoms with van der Waals surface area (Å²) in [6.07, 6.45) is 0. The SMILES string of the molecule is CCS(=O)(=O)CCOc1ccc(CN)cc1OC. The van der Waals surface area contributed by atoms with Crippen LogP contribution in [0.1, 0.15) is 12.5 Å². The topological polar surface area (TPSA) is 78.6 Å². The van der Waals surface area contributed by atoms with Crippen LogP contribution in [0.25, 0.3) is 0 Å². The van der Waals surface area contributed by atoms with E-state index in [1.54, 1.807) is 19.1 Å². The van der Waals surface area contributed by atoms with E-state index in [0.29, 0.717) is 18.0 Å². The van der Waals surface area contributed by atoms with Crippen LogP contribution in [-0.4, -0.2) is 33.6 Å². The Kier molecular flexibility index (Phi) is 5.43. The van der Waals surface area contributed by atoms with Gasteiger partial charge in [-0.1, -0.05) is 13.0 Å². The lowest BCUT2D eigenvalue weighted by Crippen LogP contribution is -2.15. The molecule has 0 amide bonds. The molecule has 0 atom stereocenters. The Bertz CT molecular complexity index is 485. The molecule has 102 valence electrons. The molecular weight excluding hydrogens is 254 g/mol. The van der Waals surface area contributed by atoms with Crippen molar-refractivity contribution in [2.24, 2.45) is 5.73 Å². The molecule has 0 saturated heterocycles. The lowest BCUT2D eigenvalue weighted by molar-refractivity contribution is 0.311. The Balaban J connectivity index is 2.67. The molecule has 0 aliphatic heterocycles. The first-order valence-corrected chi connectivity index (χ1v) is 7.54. The molecule has 18 heavy (non-hydrogen) atoms. The molecule has 0 aromatic heterocycles. The van der Waals surface area contributed by atoms with Gasteiger partial charge in [-0.15, -0.1) is 0 Å². The van der Waals surface area contributed by atoms with Gasteiger partial charge in [0.2, 0.25) is 0 Å². The van der Waals surface area contributed by atoms with E-state index >= 15 is 0 Å². The Labute approximate surface area is 108 Å². The number of nitrogens with two attached hydrogens (primary N) is 1. The molecule has 0 fully saturated rings. The molecule has 1 aromatic rings. The van der Waals surface area contributed by atoms with E-state index in [1.807, 2.05) is 6.07 Å².